The summed E-state index contributed by atoms with van der Waals surface area (Å²) in [5.41, 5.74) is 0.888. The van der Waals surface area contributed by atoms with Gasteiger partial charge in [-0.05, 0) is 66.1 Å². The highest BCUT2D eigenvalue weighted by molar-refractivity contribution is 5.04. The third-order valence-corrected chi connectivity index (χ3v) is 7.80. The van der Waals surface area contributed by atoms with Crippen LogP contribution in [-0.4, -0.2) is 12.7 Å². The van der Waals surface area contributed by atoms with Crippen LogP contribution in [0.4, 0.5) is 0 Å². The molecule has 21 heavy (non-hydrogen) atoms. The van der Waals surface area contributed by atoms with E-state index < -0.39 is 0 Å². The minimum Gasteiger partial charge on any atom is -0.378 e. The summed E-state index contributed by atoms with van der Waals surface area (Å²) in [7, 11) is 0. The first-order valence-corrected chi connectivity index (χ1v) is 9.35. The van der Waals surface area contributed by atoms with E-state index in [0.29, 0.717) is 16.9 Å². The molecule has 3 rings (SSSR count). The largest absolute Gasteiger partial charge is 0.378 e. The van der Waals surface area contributed by atoms with Crippen molar-refractivity contribution >= 4 is 0 Å². The van der Waals surface area contributed by atoms with Gasteiger partial charge in [0.25, 0.3) is 0 Å². The predicted molar refractivity (Wildman–Crippen MR) is 89.2 cm³/mol. The van der Waals surface area contributed by atoms with Crippen LogP contribution in [0.2, 0.25) is 0 Å². The van der Waals surface area contributed by atoms with Crippen LogP contribution in [0.3, 0.4) is 0 Å². The topological polar surface area (TPSA) is 9.23 Å². The van der Waals surface area contributed by atoms with Gasteiger partial charge >= 0.3 is 0 Å². The molecule has 1 saturated heterocycles. The lowest BCUT2D eigenvalue weighted by atomic mass is 9.47. The average Bonchev–Trinajstić information content (AvgIpc) is 2.82. The van der Waals surface area contributed by atoms with Crippen LogP contribution in [0.1, 0.15) is 73.6 Å². The Balaban J connectivity index is 1.88. The van der Waals surface area contributed by atoms with Crippen LogP contribution in [0.15, 0.2) is 0 Å². The average molecular weight is 293 g/mol. The lowest BCUT2D eigenvalue weighted by molar-refractivity contribution is -0.182. The quantitative estimate of drug-likeness (QED) is 0.617. The van der Waals surface area contributed by atoms with Gasteiger partial charge in [0.2, 0.25) is 0 Å². The SMILES string of the molecule is CC1CCC(C2OCCC3CC(C)(C)C(C)C(C)(C)C32)C1. The normalized spacial score (nSPS) is 48.9. The van der Waals surface area contributed by atoms with Crippen molar-refractivity contribution in [3.63, 3.8) is 0 Å². The number of hydrogen-bond donors (Lipinski definition) is 0. The zero-order chi connectivity index (χ0) is 15.4. The molecule has 0 aromatic heterocycles. The van der Waals surface area contributed by atoms with E-state index in [2.05, 4.69) is 41.5 Å². The minimum absolute atomic E-state index is 0.406. The third kappa shape index (κ3) is 2.58. The van der Waals surface area contributed by atoms with Gasteiger partial charge < -0.3 is 4.74 Å². The summed E-state index contributed by atoms with van der Waals surface area (Å²) >= 11 is 0. The van der Waals surface area contributed by atoms with Crippen molar-refractivity contribution in [1.82, 2.24) is 0 Å². The Morgan fingerprint density at radius 1 is 0.905 bits per heavy atom. The Hall–Kier alpha value is -0.0400. The summed E-state index contributed by atoms with van der Waals surface area (Å²) in [5.74, 6) is 4.19. The first-order valence-electron chi connectivity index (χ1n) is 9.35. The molecule has 3 aliphatic rings. The van der Waals surface area contributed by atoms with Crippen LogP contribution < -0.4 is 0 Å². The molecule has 0 amide bonds. The van der Waals surface area contributed by atoms with Crippen molar-refractivity contribution in [2.45, 2.75) is 79.8 Å². The fraction of sp³-hybridized carbons (Fsp3) is 1.00. The second-order valence-corrected chi connectivity index (χ2v) is 9.82. The van der Waals surface area contributed by atoms with Crippen molar-refractivity contribution in [1.29, 1.82) is 0 Å². The summed E-state index contributed by atoms with van der Waals surface area (Å²) in [6.45, 7) is 16.0. The monoisotopic (exact) mass is 292 g/mol. The Morgan fingerprint density at radius 2 is 1.62 bits per heavy atom. The van der Waals surface area contributed by atoms with Gasteiger partial charge in [0.1, 0.15) is 0 Å². The first kappa shape index (κ1) is 15.8. The molecule has 1 aliphatic heterocycles. The van der Waals surface area contributed by atoms with Crippen molar-refractivity contribution in [3.8, 4) is 0 Å². The minimum atomic E-state index is 0.406. The maximum atomic E-state index is 6.43. The van der Waals surface area contributed by atoms with E-state index in [-0.39, 0.29) is 0 Å². The summed E-state index contributed by atoms with van der Waals surface area (Å²) in [5, 5.41) is 0. The highest BCUT2D eigenvalue weighted by Gasteiger charge is 2.56. The molecule has 1 nitrogen and oxygen atoms in total. The maximum absolute atomic E-state index is 6.43. The molecule has 0 N–H and O–H groups in total. The molecule has 6 atom stereocenters. The van der Waals surface area contributed by atoms with Gasteiger partial charge in [-0.15, -0.1) is 0 Å². The summed E-state index contributed by atoms with van der Waals surface area (Å²) in [6.07, 6.45) is 7.48. The van der Waals surface area contributed by atoms with Crippen LogP contribution >= 0.6 is 0 Å². The molecule has 0 aromatic carbocycles. The van der Waals surface area contributed by atoms with Gasteiger partial charge in [0, 0.05) is 6.61 Å². The van der Waals surface area contributed by atoms with Crippen LogP contribution in [0.5, 0.6) is 0 Å². The van der Waals surface area contributed by atoms with Crippen molar-refractivity contribution < 1.29 is 4.74 Å². The fourth-order valence-electron chi connectivity index (χ4n) is 6.29. The van der Waals surface area contributed by atoms with Crippen molar-refractivity contribution in [2.24, 2.45) is 40.4 Å². The molecule has 1 heteroatoms. The molecule has 122 valence electrons. The number of ether oxygens (including phenoxy) is 1. The summed E-state index contributed by atoms with van der Waals surface area (Å²) in [4.78, 5) is 0. The van der Waals surface area contributed by atoms with E-state index in [1.165, 1.54) is 32.1 Å². The highest BCUT2D eigenvalue weighted by atomic mass is 16.5. The standard InChI is InChI=1S/C20H36O/c1-13-7-8-15(11-13)18-17-16(9-10-21-18)12-19(3,4)14(2)20(17,5)6/h13-18H,7-12H2,1-6H3. The molecule has 6 unspecified atom stereocenters. The molecular weight excluding hydrogens is 256 g/mol. The molecule has 3 fully saturated rings. The van der Waals surface area contributed by atoms with E-state index in [9.17, 15) is 0 Å². The molecular formula is C20H36O. The van der Waals surface area contributed by atoms with E-state index in [1.54, 1.807) is 0 Å². The molecule has 0 bridgehead atoms. The Kier molecular flexibility index (Phi) is 3.96. The van der Waals surface area contributed by atoms with E-state index in [1.807, 2.05) is 0 Å². The van der Waals surface area contributed by atoms with Gasteiger partial charge in [0.15, 0.2) is 0 Å². The van der Waals surface area contributed by atoms with Crippen molar-refractivity contribution in [3.05, 3.63) is 0 Å². The number of fused-ring (bicyclic) bond motifs is 1. The van der Waals surface area contributed by atoms with Gasteiger partial charge in [0.05, 0.1) is 6.10 Å². The second-order valence-electron chi connectivity index (χ2n) is 9.82. The predicted octanol–water partition coefficient (Wildman–Crippen LogP) is 5.54. The maximum Gasteiger partial charge on any atom is 0.0639 e. The van der Waals surface area contributed by atoms with E-state index in [0.717, 1.165) is 36.2 Å². The van der Waals surface area contributed by atoms with Crippen LogP contribution in [-0.2, 0) is 4.74 Å². The van der Waals surface area contributed by atoms with Gasteiger partial charge in [-0.25, -0.2) is 0 Å². The lowest BCUT2D eigenvalue weighted by Gasteiger charge is -2.60. The molecule has 1 heterocycles. The zero-order valence-corrected chi connectivity index (χ0v) is 15.1. The molecule has 2 aliphatic carbocycles. The van der Waals surface area contributed by atoms with Gasteiger partial charge in [-0.2, -0.15) is 0 Å². The Morgan fingerprint density at radius 3 is 2.24 bits per heavy atom. The number of hydrogen-bond acceptors (Lipinski definition) is 1. The van der Waals surface area contributed by atoms with Crippen LogP contribution in [0.25, 0.3) is 0 Å². The fourth-order valence-corrected chi connectivity index (χ4v) is 6.29. The van der Waals surface area contributed by atoms with Gasteiger partial charge in [-0.1, -0.05) is 48.0 Å². The molecule has 0 radical (unpaired) electrons. The lowest BCUT2D eigenvalue weighted by Crippen LogP contribution is -2.57. The van der Waals surface area contributed by atoms with E-state index in [4.69, 9.17) is 4.74 Å². The van der Waals surface area contributed by atoms with Crippen molar-refractivity contribution in [2.75, 3.05) is 6.61 Å². The zero-order valence-electron chi connectivity index (χ0n) is 15.1. The first-order chi connectivity index (χ1) is 9.73. The Labute approximate surface area is 132 Å². The van der Waals surface area contributed by atoms with Crippen LogP contribution in [0, 0.1) is 40.4 Å². The second kappa shape index (κ2) is 5.25. The van der Waals surface area contributed by atoms with Gasteiger partial charge in [-0.3, -0.25) is 0 Å². The Bertz CT molecular complexity index is 383. The molecule has 2 saturated carbocycles. The summed E-state index contributed by atoms with van der Waals surface area (Å²) in [6, 6.07) is 0. The summed E-state index contributed by atoms with van der Waals surface area (Å²) < 4.78 is 6.43. The third-order valence-electron chi connectivity index (χ3n) is 7.80. The van der Waals surface area contributed by atoms with E-state index >= 15 is 0 Å². The smallest absolute Gasteiger partial charge is 0.0639 e. The number of rotatable bonds is 1. The highest BCUT2D eigenvalue weighted by Crippen LogP contribution is 2.60. The molecule has 0 aromatic rings. The molecule has 0 spiro atoms.